The Balaban J connectivity index is 1.63. The molecule has 0 unspecified atom stereocenters. The number of hydrogen-bond acceptors (Lipinski definition) is 4. The third-order valence-electron chi connectivity index (χ3n) is 7.03. The van der Waals surface area contributed by atoms with E-state index < -0.39 is 0 Å². The topological polar surface area (TPSA) is 26.3 Å². The maximum absolute atomic E-state index is 13.5. The fourth-order valence-corrected chi connectivity index (χ4v) is 7.34. The van der Waals surface area contributed by atoms with E-state index in [0.717, 1.165) is 36.6 Å². The monoisotopic (exact) mass is 510 g/mol. The van der Waals surface area contributed by atoms with Crippen LogP contribution in [0.2, 0.25) is 0 Å². The van der Waals surface area contributed by atoms with Gasteiger partial charge in [0.25, 0.3) is 0 Å². The molecule has 3 aromatic rings. The molecule has 0 saturated heterocycles. The molecule has 2 heterocycles. The highest BCUT2D eigenvalue weighted by Crippen LogP contribution is 2.38. The van der Waals surface area contributed by atoms with Gasteiger partial charge in [-0.15, -0.1) is 22.7 Å². The minimum absolute atomic E-state index is 0.111. The average Bonchev–Trinajstić information content (AvgIpc) is 3.41. The number of thiophene rings is 2. The highest BCUT2D eigenvalue weighted by molar-refractivity contribution is 7.33. The molecule has 0 aliphatic carbocycles. The Bertz CT molecular complexity index is 1070. The maximum Gasteiger partial charge on any atom is 0.339 e. The molecule has 35 heavy (non-hydrogen) atoms. The Morgan fingerprint density at radius 1 is 0.714 bits per heavy atom. The van der Waals surface area contributed by atoms with Gasteiger partial charge in [-0.2, -0.15) is 0 Å². The number of ether oxygens (including phenoxy) is 1. The van der Waals surface area contributed by atoms with Gasteiger partial charge in [0.05, 0.1) is 21.6 Å². The van der Waals surface area contributed by atoms with E-state index >= 15 is 0 Å². The second-order valence-electron chi connectivity index (χ2n) is 10.2. The summed E-state index contributed by atoms with van der Waals surface area (Å²) in [5, 5.41) is 2.39. The van der Waals surface area contributed by atoms with Crippen molar-refractivity contribution in [3.8, 4) is 0 Å². The van der Waals surface area contributed by atoms with Gasteiger partial charge in [0.15, 0.2) is 15.7 Å². The first-order chi connectivity index (χ1) is 17.1. The Kier molecular flexibility index (Phi) is 12.2. The van der Waals surface area contributed by atoms with Crippen LogP contribution in [0, 0.1) is 0 Å². The standard InChI is InChI=1S/C29H44B2O2S2/c1-3-5-7-9-10-11-12-13-14-16-18-33-29(32)26-21(17-15-8-6-4-2)22-19-24(30)34-27(22)28-23(26)20-25(31)35-28/h19-20H,3-18,30-31H2,1-2H3. The van der Waals surface area contributed by atoms with Crippen molar-refractivity contribution >= 4 is 74.1 Å². The molecule has 0 fully saturated rings. The number of carbonyl (C=O) groups excluding carboxylic acids is 1. The van der Waals surface area contributed by atoms with E-state index in [0.29, 0.717) is 6.61 Å². The van der Waals surface area contributed by atoms with Gasteiger partial charge in [0, 0.05) is 5.39 Å². The number of aryl methyl sites for hydroxylation is 1. The van der Waals surface area contributed by atoms with Crippen LogP contribution in [-0.2, 0) is 11.2 Å². The molecule has 0 spiro atoms. The lowest BCUT2D eigenvalue weighted by Gasteiger charge is -2.13. The first kappa shape index (κ1) is 28.3. The van der Waals surface area contributed by atoms with Gasteiger partial charge in [-0.25, -0.2) is 4.79 Å². The van der Waals surface area contributed by atoms with Gasteiger partial charge in [-0.05, 0) is 51.9 Å². The summed E-state index contributed by atoms with van der Waals surface area (Å²) in [6, 6.07) is 4.50. The summed E-state index contributed by atoms with van der Waals surface area (Å²) in [5.74, 6) is -0.111. The second-order valence-corrected chi connectivity index (χ2v) is 12.7. The Morgan fingerprint density at radius 3 is 1.80 bits per heavy atom. The number of fused-ring (bicyclic) bond motifs is 3. The van der Waals surface area contributed by atoms with E-state index in [1.165, 1.54) is 101 Å². The van der Waals surface area contributed by atoms with E-state index in [9.17, 15) is 4.79 Å². The number of unbranched alkanes of at least 4 members (excludes halogenated alkanes) is 12. The van der Waals surface area contributed by atoms with Crippen molar-refractivity contribution in [2.45, 2.75) is 110 Å². The third kappa shape index (κ3) is 8.12. The van der Waals surface area contributed by atoms with Crippen LogP contribution in [0.1, 0.15) is 120 Å². The van der Waals surface area contributed by atoms with Crippen LogP contribution in [0.3, 0.4) is 0 Å². The van der Waals surface area contributed by atoms with E-state index in [1.807, 2.05) is 22.7 Å². The Morgan fingerprint density at radius 2 is 1.20 bits per heavy atom. The van der Waals surface area contributed by atoms with Crippen LogP contribution in [0.4, 0.5) is 0 Å². The second kappa shape index (κ2) is 15.1. The van der Waals surface area contributed by atoms with E-state index in [2.05, 4.69) is 41.7 Å². The normalized spacial score (nSPS) is 11.6. The van der Waals surface area contributed by atoms with Gasteiger partial charge in [0.1, 0.15) is 0 Å². The molecule has 0 bridgehead atoms. The van der Waals surface area contributed by atoms with Crippen LogP contribution in [0.5, 0.6) is 0 Å². The zero-order chi connectivity index (χ0) is 25.0. The van der Waals surface area contributed by atoms with Gasteiger partial charge in [0.2, 0.25) is 0 Å². The molecule has 3 rings (SSSR count). The quantitative estimate of drug-likeness (QED) is 0.113. The number of esters is 1. The molecule has 0 amide bonds. The highest BCUT2D eigenvalue weighted by Gasteiger charge is 2.23. The Hall–Kier alpha value is -1.26. The van der Waals surface area contributed by atoms with Gasteiger partial charge < -0.3 is 4.74 Å². The zero-order valence-electron chi connectivity index (χ0n) is 22.6. The summed E-state index contributed by atoms with van der Waals surface area (Å²) in [7, 11) is 4.33. The van der Waals surface area contributed by atoms with Crippen molar-refractivity contribution in [3.05, 3.63) is 23.3 Å². The lowest BCUT2D eigenvalue weighted by atomic mass is 9.93. The predicted octanol–water partition coefficient (Wildman–Crippen LogP) is 6.83. The molecule has 0 radical (unpaired) electrons. The Labute approximate surface area is 223 Å². The van der Waals surface area contributed by atoms with E-state index in [-0.39, 0.29) is 5.97 Å². The van der Waals surface area contributed by atoms with E-state index in [1.54, 1.807) is 0 Å². The van der Waals surface area contributed by atoms with E-state index in [4.69, 9.17) is 4.74 Å². The molecule has 1 aromatic carbocycles. The molecule has 190 valence electrons. The van der Waals surface area contributed by atoms with Gasteiger partial charge in [-0.1, -0.05) is 90.9 Å². The molecule has 6 heteroatoms. The molecule has 0 saturated carbocycles. The van der Waals surface area contributed by atoms with Crippen LogP contribution < -0.4 is 9.55 Å². The fraction of sp³-hybridized carbons (Fsp3) is 0.621. The highest BCUT2D eigenvalue weighted by atomic mass is 32.1. The van der Waals surface area contributed by atoms with Crippen molar-refractivity contribution in [2.75, 3.05) is 6.61 Å². The van der Waals surface area contributed by atoms with Crippen LogP contribution in [0.15, 0.2) is 12.1 Å². The minimum Gasteiger partial charge on any atom is -0.462 e. The molecule has 0 aliphatic heterocycles. The number of benzene rings is 1. The van der Waals surface area contributed by atoms with Crippen molar-refractivity contribution in [1.29, 1.82) is 0 Å². The first-order valence-corrected chi connectivity index (χ1v) is 15.8. The lowest BCUT2D eigenvalue weighted by molar-refractivity contribution is 0.0499. The first-order valence-electron chi connectivity index (χ1n) is 14.2. The van der Waals surface area contributed by atoms with Crippen molar-refractivity contribution in [1.82, 2.24) is 0 Å². The smallest absolute Gasteiger partial charge is 0.339 e. The summed E-state index contributed by atoms with van der Waals surface area (Å²) >= 11 is 3.68. The van der Waals surface area contributed by atoms with Crippen molar-refractivity contribution < 1.29 is 9.53 Å². The lowest BCUT2D eigenvalue weighted by Crippen LogP contribution is -2.11. The van der Waals surface area contributed by atoms with Crippen LogP contribution in [0.25, 0.3) is 20.2 Å². The van der Waals surface area contributed by atoms with Gasteiger partial charge >= 0.3 is 5.97 Å². The maximum atomic E-state index is 13.5. The molecule has 0 atom stereocenters. The van der Waals surface area contributed by atoms with Crippen molar-refractivity contribution in [3.63, 3.8) is 0 Å². The van der Waals surface area contributed by atoms with Crippen molar-refractivity contribution in [2.24, 2.45) is 0 Å². The SMILES string of the molecule is Bc1cc2c(CCCCCC)c(C(=O)OCCCCCCCCCCCC)c3cc(B)sc3c2s1. The molecule has 2 nitrogen and oxygen atoms in total. The molecule has 0 N–H and O–H groups in total. The van der Waals surface area contributed by atoms with Crippen LogP contribution >= 0.6 is 22.7 Å². The number of hydrogen-bond donors (Lipinski definition) is 0. The van der Waals surface area contributed by atoms with Crippen LogP contribution in [-0.4, -0.2) is 28.3 Å². The number of rotatable bonds is 17. The summed E-state index contributed by atoms with van der Waals surface area (Å²) in [6.07, 6.45) is 18.7. The molecular weight excluding hydrogens is 466 g/mol. The predicted molar refractivity (Wildman–Crippen MR) is 164 cm³/mol. The molecule has 2 aromatic heterocycles. The summed E-state index contributed by atoms with van der Waals surface area (Å²) in [6.45, 7) is 5.06. The summed E-state index contributed by atoms with van der Waals surface area (Å²) in [4.78, 5) is 13.5. The minimum atomic E-state index is -0.111. The third-order valence-corrected chi connectivity index (χ3v) is 9.29. The average molecular weight is 510 g/mol. The number of carbonyl (C=O) groups is 1. The molecular formula is C29H44B2O2S2. The van der Waals surface area contributed by atoms with Gasteiger partial charge in [-0.3, -0.25) is 0 Å². The fourth-order valence-electron chi connectivity index (χ4n) is 5.12. The largest absolute Gasteiger partial charge is 0.462 e. The molecule has 0 aliphatic rings. The summed E-state index contributed by atoms with van der Waals surface area (Å²) < 4.78 is 11.1. The zero-order valence-corrected chi connectivity index (χ0v) is 24.2. The summed E-state index contributed by atoms with van der Waals surface area (Å²) in [5.41, 5.74) is 2.07.